The van der Waals surface area contributed by atoms with E-state index >= 15 is 0 Å². The van der Waals surface area contributed by atoms with Crippen molar-refractivity contribution in [2.45, 2.75) is 39.3 Å². The van der Waals surface area contributed by atoms with Gasteiger partial charge in [-0.2, -0.15) is 0 Å². The van der Waals surface area contributed by atoms with Crippen LogP contribution < -0.4 is 10.1 Å². The minimum atomic E-state index is 0.0307. The van der Waals surface area contributed by atoms with Crippen molar-refractivity contribution in [2.75, 3.05) is 7.11 Å². The normalized spacial score (nSPS) is 11.1. The van der Waals surface area contributed by atoms with E-state index in [2.05, 4.69) is 34.8 Å². The lowest BCUT2D eigenvalue weighted by Crippen LogP contribution is -2.25. The second-order valence-electron chi connectivity index (χ2n) is 6.61. The summed E-state index contributed by atoms with van der Waals surface area (Å²) in [5, 5.41) is 3.00. The first-order valence-electron chi connectivity index (χ1n) is 8.94. The van der Waals surface area contributed by atoms with Gasteiger partial charge in [0.15, 0.2) is 0 Å². The molecule has 2 aromatic carbocycles. The van der Waals surface area contributed by atoms with Crippen molar-refractivity contribution in [1.29, 1.82) is 0 Å². The molecule has 0 saturated heterocycles. The molecule has 0 radical (unpaired) electrons. The number of aromatic nitrogens is 2. The molecule has 0 spiro atoms. The number of rotatable bonds is 7. The van der Waals surface area contributed by atoms with Gasteiger partial charge in [-0.1, -0.05) is 24.3 Å². The molecule has 0 fully saturated rings. The van der Waals surface area contributed by atoms with Crippen LogP contribution in [0.5, 0.6) is 5.75 Å². The van der Waals surface area contributed by atoms with Gasteiger partial charge >= 0.3 is 0 Å². The fourth-order valence-electron chi connectivity index (χ4n) is 3.11. The first-order chi connectivity index (χ1) is 12.6. The number of carbonyl (C=O) groups excluding carboxylic acids is 1. The summed E-state index contributed by atoms with van der Waals surface area (Å²) in [6.07, 6.45) is 1.16. The fraction of sp³-hybridized carbons (Fsp3) is 0.333. The fourth-order valence-corrected chi connectivity index (χ4v) is 3.11. The van der Waals surface area contributed by atoms with Crippen LogP contribution in [-0.4, -0.2) is 22.6 Å². The highest BCUT2D eigenvalue weighted by molar-refractivity contribution is 5.77. The molecule has 0 bridgehead atoms. The number of para-hydroxylation sites is 2. The predicted octanol–water partition coefficient (Wildman–Crippen LogP) is 3.87. The molecule has 0 aliphatic rings. The number of nitrogens with zero attached hydrogens (tertiary/aromatic N) is 2. The van der Waals surface area contributed by atoms with Gasteiger partial charge in [-0.05, 0) is 50.1 Å². The van der Waals surface area contributed by atoms with E-state index in [1.807, 2.05) is 42.5 Å². The quantitative estimate of drug-likeness (QED) is 0.703. The van der Waals surface area contributed by atoms with Gasteiger partial charge in [-0.25, -0.2) is 4.98 Å². The van der Waals surface area contributed by atoms with Gasteiger partial charge in [0, 0.05) is 12.5 Å². The molecular formula is C21H25N3O2. The van der Waals surface area contributed by atoms with Crippen molar-refractivity contribution in [3.05, 3.63) is 59.9 Å². The third kappa shape index (κ3) is 4.04. The second-order valence-corrected chi connectivity index (χ2v) is 6.61. The van der Waals surface area contributed by atoms with Crippen LogP contribution in [0.15, 0.2) is 48.5 Å². The molecule has 3 aromatic rings. The number of aryl methyl sites for hydroxylation is 1. The molecule has 5 nitrogen and oxygen atoms in total. The van der Waals surface area contributed by atoms with Crippen LogP contribution in [0.4, 0.5) is 0 Å². The summed E-state index contributed by atoms with van der Waals surface area (Å²) in [5.74, 6) is 1.74. The van der Waals surface area contributed by atoms with E-state index in [1.165, 1.54) is 0 Å². The molecule has 1 N–H and O–H groups in total. The van der Waals surface area contributed by atoms with E-state index < -0.39 is 0 Å². The Morgan fingerprint density at radius 2 is 1.88 bits per heavy atom. The Kier molecular flexibility index (Phi) is 5.56. The van der Waals surface area contributed by atoms with Gasteiger partial charge in [0.25, 0.3) is 0 Å². The molecule has 26 heavy (non-hydrogen) atoms. The SMILES string of the molecule is COc1ccc(CCC(=O)NCc2nc3ccccc3n2C(C)C)cc1. The number of carbonyl (C=O) groups is 1. The van der Waals surface area contributed by atoms with E-state index in [9.17, 15) is 4.79 Å². The van der Waals surface area contributed by atoms with Gasteiger partial charge in [0.1, 0.15) is 11.6 Å². The highest BCUT2D eigenvalue weighted by Crippen LogP contribution is 2.20. The highest BCUT2D eigenvalue weighted by Gasteiger charge is 2.13. The maximum atomic E-state index is 12.2. The Morgan fingerprint density at radius 1 is 1.15 bits per heavy atom. The zero-order chi connectivity index (χ0) is 18.5. The molecule has 136 valence electrons. The first-order valence-corrected chi connectivity index (χ1v) is 8.94. The summed E-state index contributed by atoms with van der Waals surface area (Å²) in [5.41, 5.74) is 3.18. The standard InChI is InChI=1S/C21H25N3O2/c1-15(2)24-19-7-5-4-6-18(19)23-20(24)14-22-21(25)13-10-16-8-11-17(26-3)12-9-16/h4-9,11-12,15H,10,13-14H2,1-3H3,(H,22,25). The van der Waals surface area contributed by atoms with Crippen LogP contribution in [0.3, 0.4) is 0 Å². The van der Waals surface area contributed by atoms with Crippen molar-refractivity contribution >= 4 is 16.9 Å². The number of nitrogens with one attached hydrogen (secondary N) is 1. The van der Waals surface area contributed by atoms with Crippen molar-refractivity contribution in [3.8, 4) is 5.75 Å². The number of fused-ring (bicyclic) bond motifs is 1. The summed E-state index contributed by atoms with van der Waals surface area (Å²) >= 11 is 0. The van der Waals surface area contributed by atoms with Crippen LogP contribution in [0.2, 0.25) is 0 Å². The Hall–Kier alpha value is -2.82. The van der Waals surface area contributed by atoms with Gasteiger partial charge in [0.2, 0.25) is 5.91 Å². The van der Waals surface area contributed by atoms with E-state index in [0.717, 1.165) is 28.2 Å². The number of hydrogen-bond donors (Lipinski definition) is 1. The largest absolute Gasteiger partial charge is 0.497 e. The van der Waals surface area contributed by atoms with Crippen molar-refractivity contribution in [1.82, 2.24) is 14.9 Å². The van der Waals surface area contributed by atoms with Crippen molar-refractivity contribution < 1.29 is 9.53 Å². The predicted molar refractivity (Wildman–Crippen MR) is 103 cm³/mol. The highest BCUT2D eigenvalue weighted by atomic mass is 16.5. The molecular weight excluding hydrogens is 326 g/mol. The van der Waals surface area contributed by atoms with E-state index in [-0.39, 0.29) is 11.9 Å². The van der Waals surface area contributed by atoms with Gasteiger partial charge in [0.05, 0.1) is 24.7 Å². The molecule has 0 aliphatic heterocycles. The smallest absolute Gasteiger partial charge is 0.220 e. The molecule has 0 unspecified atom stereocenters. The van der Waals surface area contributed by atoms with Crippen molar-refractivity contribution in [2.24, 2.45) is 0 Å². The summed E-state index contributed by atoms with van der Waals surface area (Å²) in [7, 11) is 1.65. The molecule has 0 aliphatic carbocycles. The Labute approximate surface area is 154 Å². The monoisotopic (exact) mass is 351 g/mol. The summed E-state index contributed by atoms with van der Waals surface area (Å²) in [6, 6.07) is 16.2. The minimum absolute atomic E-state index is 0.0307. The molecule has 3 rings (SSSR count). The number of methoxy groups -OCH3 is 1. The Balaban J connectivity index is 1.60. The average Bonchev–Trinajstić information content (AvgIpc) is 3.03. The zero-order valence-corrected chi connectivity index (χ0v) is 15.5. The van der Waals surface area contributed by atoms with Crippen LogP contribution in [0.1, 0.15) is 37.7 Å². The van der Waals surface area contributed by atoms with Crippen LogP contribution in [0.25, 0.3) is 11.0 Å². The van der Waals surface area contributed by atoms with Gasteiger partial charge < -0.3 is 14.6 Å². The van der Waals surface area contributed by atoms with E-state index in [1.54, 1.807) is 7.11 Å². The summed E-state index contributed by atoms with van der Waals surface area (Å²) in [4.78, 5) is 16.9. The molecule has 5 heteroatoms. The molecule has 0 saturated carbocycles. The topological polar surface area (TPSA) is 56.1 Å². The lowest BCUT2D eigenvalue weighted by atomic mass is 10.1. The summed E-state index contributed by atoms with van der Waals surface area (Å²) < 4.78 is 7.33. The molecule has 1 heterocycles. The number of imidazole rings is 1. The number of ether oxygens (including phenoxy) is 1. The zero-order valence-electron chi connectivity index (χ0n) is 15.5. The molecule has 0 atom stereocenters. The van der Waals surface area contributed by atoms with Gasteiger partial charge in [-0.3, -0.25) is 4.79 Å². The first kappa shape index (κ1) is 18.0. The third-order valence-electron chi connectivity index (χ3n) is 4.43. The summed E-state index contributed by atoms with van der Waals surface area (Å²) in [6.45, 7) is 4.69. The van der Waals surface area contributed by atoms with Crippen LogP contribution >= 0.6 is 0 Å². The van der Waals surface area contributed by atoms with Crippen molar-refractivity contribution in [3.63, 3.8) is 0 Å². The molecule has 1 amide bonds. The Morgan fingerprint density at radius 3 is 2.58 bits per heavy atom. The Bertz CT molecular complexity index is 882. The van der Waals surface area contributed by atoms with Crippen LogP contribution in [0, 0.1) is 0 Å². The maximum Gasteiger partial charge on any atom is 0.220 e. The maximum absolute atomic E-state index is 12.2. The van der Waals surface area contributed by atoms with Crippen LogP contribution in [-0.2, 0) is 17.8 Å². The average molecular weight is 351 g/mol. The number of hydrogen-bond acceptors (Lipinski definition) is 3. The third-order valence-corrected chi connectivity index (χ3v) is 4.43. The lowest BCUT2D eigenvalue weighted by Gasteiger charge is -2.13. The lowest BCUT2D eigenvalue weighted by molar-refractivity contribution is -0.121. The molecule has 1 aromatic heterocycles. The minimum Gasteiger partial charge on any atom is -0.497 e. The number of amides is 1. The van der Waals surface area contributed by atoms with E-state index in [0.29, 0.717) is 19.4 Å². The second kappa shape index (κ2) is 8.04. The van der Waals surface area contributed by atoms with E-state index in [4.69, 9.17) is 4.74 Å². The number of benzene rings is 2. The van der Waals surface area contributed by atoms with Gasteiger partial charge in [-0.15, -0.1) is 0 Å².